The highest BCUT2D eigenvalue weighted by Crippen LogP contribution is 2.39. The van der Waals surface area contributed by atoms with Gasteiger partial charge in [-0.25, -0.2) is 4.79 Å². The summed E-state index contributed by atoms with van der Waals surface area (Å²) >= 11 is 7.75. The van der Waals surface area contributed by atoms with Gasteiger partial charge in [0.1, 0.15) is 11.0 Å². The van der Waals surface area contributed by atoms with Gasteiger partial charge < -0.3 is 10.1 Å². The summed E-state index contributed by atoms with van der Waals surface area (Å²) < 4.78 is 6.94. The number of aromatic nitrogens is 2. The molecule has 1 unspecified atom stereocenters. The van der Waals surface area contributed by atoms with Gasteiger partial charge in [-0.1, -0.05) is 18.5 Å². The normalized spacial score (nSPS) is 14.5. The Bertz CT molecular complexity index is 903. The van der Waals surface area contributed by atoms with Crippen LogP contribution in [0.15, 0.2) is 0 Å². The molecule has 0 fully saturated rings. The van der Waals surface area contributed by atoms with Crippen LogP contribution in [0.25, 0.3) is 0 Å². The van der Waals surface area contributed by atoms with E-state index in [1.807, 2.05) is 20.8 Å². The zero-order valence-electron chi connectivity index (χ0n) is 16.7. The molecule has 152 valence electrons. The second-order valence-corrected chi connectivity index (χ2v) is 8.46. The molecule has 1 N–H and O–H groups in total. The summed E-state index contributed by atoms with van der Waals surface area (Å²) in [7, 11) is 0. The van der Waals surface area contributed by atoms with Crippen molar-refractivity contribution in [1.29, 1.82) is 0 Å². The minimum atomic E-state index is -0.500. The first kappa shape index (κ1) is 20.9. The predicted molar refractivity (Wildman–Crippen MR) is 112 cm³/mol. The van der Waals surface area contributed by atoms with Crippen LogP contribution in [0.1, 0.15) is 71.3 Å². The fourth-order valence-electron chi connectivity index (χ4n) is 3.68. The Morgan fingerprint density at radius 2 is 2.00 bits per heavy atom. The van der Waals surface area contributed by atoms with E-state index in [4.69, 9.17) is 16.3 Å². The smallest absolute Gasteiger partial charge is 0.341 e. The van der Waals surface area contributed by atoms with Crippen LogP contribution < -0.4 is 5.32 Å². The molecule has 1 atom stereocenters. The number of halogens is 1. The van der Waals surface area contributed by atoms with E-state index in [2.05, 4.69) is 10.4 Å². The SMILES string of the molecule is CCOC(=O)c1c(NC(=O)C(CC)n2nc(C)c(Cl)c2C)sc2c1CCCC2. The van der Waals surface area contributed by atoms with Gasteiger partial charge in [0.2, 0.25) is 5.91 Å². The minimum absolute atomic E-state index is 0.200. The lowest BCUT2D eigenvalue weighted by molar-refractivity contribution is -0.119. The highest BCUT2D eigenvalue weighted by molar-refractivity contribution is 7.17. The number of amides is 1. The van der Waals surface area contributed by atoms with E-state index in [1.165, 1.54) is 16.2 Å². The van der Waals surface area contributed by atoms with Gasteiger partial charge in [-0.05, 0) is 58.4 Å². The lowest BCUT2D eigenvalue weighted by Gasteiger charge is -2.17. The number of nitrogens with zero attached hydrogens (tertiary/aromatic N) is 2. The Morgan fingerprint density at radius 1 is 1.29 bits per heavy atom. The van der Waals surface area contributed by atoms with Crippen LogP contribution in [0.5, 0.6) is 0 Å². The standard InChI is InChI=1S/C20H26ClN3O3S/c1-5-14(24-12(4)17(21)11(3)23-24)18(25)22-19-16(20(26)27-6-2)13-9-7-8-10-15(13)28-19/h14H,5-10H2,1-4H3,(H,22,25). The van der Waals surface area contributed by atoms with Gasteiger partial charge in [0.15, 0.2) is 0 Å². The molecule has 0 aliphatic heterocycles. The molecule has 1 aliphatic carbocycles. The molecule has 0 saturated heterocycles. The number of aryl methyl sites for hydroxylation is 2. The summed E-state index contributed by atoms with van der Waals surface area (Å²) in [5, 5.41) is 8.58. The zero-order valence-corrected chi connectivity index (χ0v) is 18.3. The lowest BCUT2D eigenvalue weighted by atomic mass is 9.95. The molecule has 0 saturated carbocycles. The van der Waals surface area contributed by atoms with Crippen molar-refractivity contribution in [2.24, 2.45) is 0 Å². The molecule has 2 aromatic rings. The lowest BCUT2D eigenvalue weighted by Crippen LogP contribution is -2.27. The Morgan fingerprint density at radius 3 is 2.61 bits per heavy atom. The van der Waals surface area contributed by atoms with E-state index in [1.54, 1.807) is 11.6 Å². The van der Waals surface area contributed by atoms with Crippen molar-refractivity contribution in [2.45, 2.75) is 65.8 Å². The quantitative estimate of drug-likeness (QED) is 0.673. The maximum atomic E-state index is 13.1. The molecule has 8 heteroatoms. The van der Waals surface area contributed by atoms with Crippen LogP contribution in [-0.4, -0.2) is 28.3 Å². The van der Waals surface area contributed by atoms with E-state index in [-0.39, 0.29) is 11.9 Å². The first-order valence-corrected chi connectivity index (χ1v) is 10.9. The van der Waals surface area contributed by atoms with E-state index in [0.717, 1.165) is 36.9 Å². The predicted octanol–water partition coefficient (Wildman–Crippen LogP) is 4.86. The van der Waals surface area contributed by atoms with E-state index < -0.39 is 6.04 Å². The number of thiophene rings is 1. The molecule has 2 heterocycles. The number of esters is 1. The Balaban J connectivity index is 1.93. The van der Waals surface area contributed by atoms with Crippen molar-refractivity contribution in [3.8, 4) is 0 Å². The van der Waals surface area contributed by atoms with Crippen molar-refractivity contribution in [3.05, 3.63) is 32.4 Å². The van der Waals surface area contributed by atoms with Crippen LogP contribution in [0.2, 0.25) is 5.02 Å². The molecule has 1 aliphatic rings. The van der Waals surface area contributed by atoms with Gasteiger partial charge in [0.25, 0.3) is 0 Å². The molecule has 6 nitrogen and oxygen atoms in total. The third kappa shape index (κ3) is 3.82. The molecular formula is C20H26ClN3O3S. The van der Waals surface area contributed by atoms with E-state index in [0.29, 0.717) is 34.3 Å². The molecule has 2 aromatic heterocycles. The van der Waals surface area contributed by atoms with Crippen molar-refractivity contribution in [1.82, 2.24) is 9.78 Å². The number of hydrogen-bond donors (Lipinski definition) is 1. The topological polar surface area (TPSA) is 73.2 Å². The number of carbonyl (C=O) groups excluding carboxylic acids is 2. The van der Waals surface area contributed by atoms with Gasteiger partial charge in [-0.15, -0.1) is 11.3 Å². The van der Waals surface area contributed by atoms with Crippen molar-refractivity contribution < 1.29 is 14.3 Å². The Labute approximate surface area is 174 Å². The second kappa shape index (κ2) is 8.66. The molecule has 0 bridgehead atoms. The second-order valence-electron chi connectivity index (χ2n) is 6.98. The van der Waals surface area contributed by atoms with Crippen LogP contribution in [0, 0.1) is 13.8 Å². The third-order valence-electron chi connectivity index (χ3n) is 5.11. The Kier molecular flexibility index (Phi) is 6.45. The number of anilines is 1. The van der Waals surface area contributed by atoms with E-state index in [9.17, 15) is 9.59 Å². The molecular weight excluding hydrogens is 398 g/mol. The number of nitrogens with one attached hydrogen (secondary N) is 1. The molecule has 3 rings (SSSR count). The monoisotopic (exact) mass is 423 g/mol. The maximum Gasteiger partial charge on any atom is 0.341 e. The first-order valence-electron chi connectivity index (χ1n) is 9.72. The van der Waals surface area contributed by atoms with Crippen LogP contribution in [0.3, 0.4) is 0 Å². The fourth-order valence-corrected chi connectivity index (χ4v) is 5.09. The minimum Gasteiger partial charge on any atom is -0.462 e. The summed E-state index contributed by atoms with van der Waals surface area (Å²) in [6, 6.07) is -0.500. The first-order chi connectivity index (χ1) is 13.4. The van der Waals surface area contributed by atoms with Crippen LogP contribution >= 0.6 is 22.9 Å². The van der Waals surface area contributed by atoms with Gasteiger partial charge >= 0.3 is 5.97 Å². The van der Waals surface area contributed by atoms with E-state index >= 15 is 0 Å². The number of ether oxygens (including phenoxy) is 1. The summed E-state index contributed by atoms with van der Waals surface area (Å²) in [6.45, 7) is 7.70. The molecule has 1 amide bonds. The summed E-state index contributed by atoms with van der Waals surface area (Å²) in [5.41, 5.74) is 3.02. The Hall–Kier alpha value is -1.86. The third-order valence-corrected chi connectivity index (χ3v) is 6.86. The maximum absolute atomic E-state index is 13.1. The van der Waals surface area contributed by atoms with Gasteiger partial charge in [0, 0.05) is 4.88 Å². The molecule has 0 radical (unpaired) electrons. The number of hydrogen-bond acceptors (Lipinski definition) is 5. The molecule has 0 aromatic carbocycles. The molecule has 28 heavy (non-hydrogen) atoms. The highest BCUT2D eigenvalue weighted by atomic mass is 35.5. The van der Waals surface area contributed by atoms with Crippen molar-refractivity contribution >= 4 is 39.8 Å². The van der Waals surface area contributed by atoms with Gasteiger partial charge in [-0.2, -0.15) is 5.10 Å². The fraction of sp³-hybridized carbons (Fsp3) is 0.550. The van der Waals surface area contributed by atoms with Gasteiger partial charge in [-0.3, -0.25) is 9.48 Å². The van der Waals surface area contributed by atoms with Crippen molar-refractivity contribution in [3.63, 3.8) is 0 Å². The highest BCUT2D eigenvalue weighted by Gasteiger charge is 2.30. The summed E-state index contributed by atoms with van der Waals surface area (Å²) in [6.07, 6.45) is 4.49. The number of rotatable bonds is 6. The summed E-state index contributed by atoms with van der Waals surface area (Å²) in [5.74, 6) is -0.562. The van der Waals surface area contributed by atoms with Gasteiger partial charge in [0.05, 0.1) is 28.6 Å². The average molecular weight is 424 g/mol. The average Bonchev–Trinajstić information content (AvgIpc) is 3.15. The molecule has 0 spiro atoms. The van der Waals surface area contributed by atoms with Crippen LogP contribution in [0.4, 0.5) is 5.00 Å². The largest absolute Gasteiger partial charge is 0.462 e. The number of carbonyl (C=O) groups is 2. The summed E-state index contributed by atoms with van der Waals surface area (Å²) in [4.78, 5) is 26.9. The zero-order chi connectivity index (χ0) is 20.4. The number of fused-ring (bicyclic) bond motifs is 1. The van der Waals surface area contributed by atoms with Crippen LogP contribution in [-0.2, 0) is 22.4 Å². The van der Waals surface area contributed by atoms with Crippen molar-refractivity contribution in [2.75, 3.05) is 11.9 Å².